The van der Waals surface area contributed by atoms with Crippen molar-refractivity contribution < 1.29 is 17.9 Å². The van der Waals surface area contributed by atoms with Crippen LogP contribution in [0.3, 0.4) is 0 Å². The fourth-order valence-electron chi connectivity index (χ4n) is 3.27. The molecule has 136 valence electrons. The van der Waals surface area contributed by atoms with Gasteiger partial charge < -0.3 is 15.0 Å². The summed E-state index contributed by atoms with van der Waals surface area (Å²) in [6, 6.07) is 11.1. The molecule has 2 aromatic carbocycles. The van der Waals surface area contributed by atoms with E-state index in [1.807, 2.05) is 24.3 Å². The summed E-state index contributed by atoms with van der Waals surface area (Å²) in [6.07, 6.45) is -4.42. The minimum Gasteiger partial charge on any atom is -0.454 e. The Kier molecular flexibility index (Phi) is 4.11. The maximum Gasteiger partial charge on any atom is 0.416 e. The molecule has 26 heavy (non-hydrogen) atoms. The highest BCUT2D eigenvalue weighted by Crippen LogP contribution is 2.41. The lowest BCUT2D eigenvalue weighted by Gasteiger charge is -2.34. The summed E-state index contributed by atoms with van der Waals surface area (Å²) in [5, 5.41) is 3.36. The van der Waals surface area contributed by atoms with E-state index in [2.05, 4.69) is 22.1 Å². The standard InChI is InChI=1S/C19H18F3N3O/c1-12-11-25(9-8-23-12)18-14-4-2-3-5-16(14)26-17-7-6-13(19(20,21)22)10-15(17)24-18/h2-7,10,12,23H,8-9,11H2,1H3. The molecule has 0 aromatic heterocycles. The number of hydrogen-bond donors (Lipinski definition) is 1. The largest absolute Gasteiger partial charge is 0.454 e. The fourth-order valence-corrected chi connectivity index (χ4v) is 3.27. The summed E-state index contributed by atoms with van der Waals surface area (Å²) in [7, 11) is 0. The third kappa shape index (κ3) is 3.14. The zero-order valence-electron chi connectivity index (χ0n) is 14.2. The zero-order chi connectivity index (χ0) is 18.3. The first-order chi connectivity index (χ1) is 12.4. The number of rotatable bonds is 0. The second-order valence-corrected chi connectivity index (χ2v) is 6.52. The summed E-state index contributed by atoms with van der Waals surface area (Å²) in [5.41, 5.74) is 0.242. The molecule has 1 fully saturated rings. The van der Waals surface area contributed by atoms with E-state index in [1.165, 1.54) is 6.07 Å². The van der Waals surface area contributed by atoms with E-state index in [4.69, 9.17) is 4.74 Å². The summed E-state index contributed by atoms with van der Waals surface area (Å²) >= 11 is 0. The minimum absolute atomic E-state index is 0.192. The van der Waals surface area contributed by atoms with Gasteiger partial charge in [0.2, 0.25) is 0 Å². The zero-order valence-corrected chi connectivity index (χ0v) is 14.2. The molecule has 0 radical (unpaired) electrons. The third-order valence-corrected chi connectivity index (χ3v) is 4.53. The van der Waals surface area contributed by atoms with Gasteiger partial charge in [-0.25, -0.2) is 4.99 Å². The number of halogens is 3. The van der Waals surface area contributed by atoms with Gasteiger partial charge in [-0.3, -0.25) is 0 Å². The average Bonchev–Trinajstić information content (AvgIpc) is 2.77. The third-order valence-electron chi connectivity index (χ3n) is 4.53. The van der Waals surface area contributed by atoms with Crippen molar-refractivity contribution >= 4 is 11.5 Å². The number of nitrogens with one attached hydrogen (secondary N) is 1. The molecular formula is C19H18F3N3O. The molecule has 1 saturated heterocycles. The number of alkyl halides is 3. The minimum atomic E-state index is -4.42. The van der Waals surface area contributed by atoms with Gasteiger partial charge in [0.05, 0.1) is 11.1 Å². The van der Waals surface area contributed by atoms with E-state index in [9.17, 15) is 13.2 Å². The predicted octanol–water partition coefficient (Wildman–Crippen LogP) is 4.18. The molecule has 2 aliphatic heterocycles. The van der Waals surface area contributed by atoms with Crippen LogP contribution in [-0.2, 0) is 6.18 Å². The number of fused-ring (bicyclic) bond motifs is 2. The molecule has 7 heteroatoms. The lowest BCUT2D eigenvalue weighted by atomic mass is 10.1. The molecule has 0 amide bonds. The second kappa shape index (κ2) is 6.32. The number of aliphatic imine (C=N–C) groups is 1. The van der Waals surface area contributed by atoms with Crippen LogP contribution in [0.25, 0.3) is 0 Å². The number of nitrogens with zero attached hydrogens (tertiary/aromatic N) is 2. The smallest absolute Gasteiger partial charge is 0.416 e. The van der Waals surface area contributed by atoms with Crippen molar-refractivity contribution in [1.29, 1.82) is 0 Å². The van der Waals surface area contributed by atoms with Gasteiger partial charge in [-0.05, 0) is 37.3 Å². The van der Waals surface area contributed by atoms with Crippen LogP contribution in [0, 0.1) is 0 Å². The number of hydrogen-bond acceptors (Lipinski definition) is 4. The first kappa shape index (κ1) is 16.9. The quantitative estimate of drug-likeness (QED) is 0.765. The molecule has 4 rings (SSSR count). The summed E-state index contributed by atoms with van der Waals surface area (Å²) in [4.78, 5) is 6.70. The van der Waals surface area contributed by atoms with Crippen LogP contribution in [-0.4, -0.2) is 36.4 Å². The molecule has 2 heterocycles. The summed E-state index contributed by atoms with van der Waals surface area (Å²) in [6.45, 7) is 4.31. The lowest BCUT2D eigenvalue weighted by Crippen LogP contribution is -2.51. The molecule has 4 nitrogen and oxygen atoms in total. The monoisotopic (exact) mass is 361 g/mol. The van der Waals surface area contributed by atoms with Crippen molar-refractivity contribution in [2.75, 3.05) is 19.6 Å². The summed E-state index contributed by atoms with van der Waals surface area (Å²) in [5.74, 6) is 1.56. The van der Waals surface area contributed by atoms with Gasteiger partial charge in [-0.15, -0.1) is 0 Å². The first-order valence-corrected chi connectivity index (χ1v) is 8.47. The number of piperazine rings is 1. The topological polar surface area (TPSA) is 36.9 Å². The van der Waals surface area contributed by atoms with E-state index in [0.29, 0.717) is 17.3 Å². The van der Waals surface area contributed by atoms with Crippen LogP contribution in [0.5, 0.6) is 11.5 Å². The van der Waals surface area contributed by atoms with Crippen LogP contribution in [0.15, 0.2) is 47.5 Å². The van der Waals surface area contributed by atoms with Crippen molar-refractivity contribution in [2.45, 2.75) is 19.1 Å². The highest BCUT2D eigenvalue weighted by atomic mass is 19.4. The fraction of sp³-hybridized carbons (Fsp3) is 0.316. The molecule has 2 aliphatic rings. The Bertz CT molecular complexity index is 863. The van der Waals surface area contributed by atoms with E-state index >= 15 is 0 Å². The molecule has 0 bridgehead atoms. The van der Waals surface area contributed by atoms with E-state index < -0.39 is 11.7 Å². The van der Waals surface area contributed by atoms with Crippen molar-refractivity contribution in [3.05, 3.63) is 53.6 Å². The van der Waals surface area contributed by atoms with Crippen LogP contribution < -0.4 is 10.1 Å². The van der Waals surface area contributed by atoms with Crippen LogP contribution >= 0.6 is 0 Å². The van der Waals surface area contributed by atoms with Gasteiger partial charge >= 0.3 is 6.18 Å². The number of ether oxygens (including phenoxy) is 1. The summed E-state index contributed by atoms with van der Waals surface area (Å²) < 4.78 is 45.2. The molecule has 1 atom stereocenters. The van der Waals surface area contributed by atoms with Gasteiger partial charge in [0.1, 0.15) is 17.3 Å². The van der Waals surface area contributed by atoms with Crippen molar-refractivity contribution in [1.82, 2.24) is 10.2 Å². The second-order valence-electron chi connectivity index (χ2n) is 6.52. The van der Waals surface area contributed by atoms with Crippen molar-refractivity contribution in [3.8, 4) is 11.5 Å². The Morgan fingerprint density at radius 2 is 1.96 bits per heavy atom. The molecule has 0 spiro atoms. The van der Waals surface area contributed by atoms with Gasteiger partial charge in [-0.2, -0.15) is 13.2 Å². The molecular weight excluding hydrogens is 343 g/mol. The Morgan fingerprint density at radius 1 is 1.15 bits per heavy atom. The maximum absolute atomic E-state index is 13.1. The molecule has 0 aliphatic carbocycles. The van der Waals surface area contributed by atoms with Crippen LogP contribution in [0.4, 0.5) is 18.9 Å². The van der Waals surface area contributed by atoms with Crippen molar-refractivity contribution in [3.63, 3.8) is 0 Å². The Hall–Kier alpha value is -2.54. The van der Waals surface area contributed by atoms with E-state index in [1.54, 1.807) is 0 Å². The van der Waals surface area contributed by atoms with Gasteiger partial charge in [0.15, 0.2) is 5.75 Å². The Labute approximate surface area is 149 Å². The van der Waals surface area contributed by atoms with E-state index in [-0.39, 0.29) is 11.7 Å². The number of benzene rings is 2. The van der Waals surface area contributed by atoms with Crippen LogP contribution in [0.1, 0.15) is 18.1 Å². The molecule has 2 aromatic rings. The van der Waals surface area contributed by atoms with Crippen molar-refractivity contribution in [2.24, 2.45) is 4.99 Å². The van der Waals surface area contributed by atoms with Gasteiger partial charge in [-0.1, -0.05) is 12.1 Å². The highest BCUT2D eigenvalue weighted by molar-refractivity contribution is 6.03. The Morgan fingerprint density at radius 3 is 2.73 bits per heavy atom. The van der Waals surface area contributed by atoms with Crippen LogP contribution in [0.2, 0.25) is 0 Å². The number of para-hydroxylation sites is 1. The maximum atomic E-state index is 13.1. The SMILES string of the molecule is CC1CN(C2=Nc3cc(C(F)(F)F)ccc3Oc3ccccc32)CCN1. The molecule has 1 unspecified atom stereocenters. The molecule has 0 saturated carbocycles. The normalized spacial score (nSPS) is 19.8. The lowest BCUT2D eigenvalue weighted by molar-refractivity contribution is -0.137. The predicted molar refractivity (Wildman–Crippen MR) is 93.2 cm³/mol. The average molecular weight is 361 g/mol. The van der Waals surface area contributed by atoms with Gasteiger partial charge in [0, 0.05) is 25.7 Å². The highest BCUT2D eigenvalue weighted by Gasteiger charge is 2.32. The number of amidine groups is 1. The Balaban J connectivity index is 1.85. The van der Waals surface area contributed by atoms with Gasteiger partial charge in [0.25, 0.3) is 0 Å². The van der Waals surface area contributed by atoms with E-state index in [0.717, 1.165) is 37.3 Å². The first-order valence-electron chi connectivity index (χ1n) is 8.47. The molecule has 1 N–H and O–H groups in total.